The van der Waals surface area contributed by atoms with Crippen molar-refractivity contribution in [3.63, 3.8) is 0 Å². The first-order valence-corrected chi connectivity index (χ1v) is 11.3. The van der Waals surface area contributed by atoms with Crippen LogP contribution in [-0.4, -0.2) is 36.6 Å². The number of carbonyl (C=O) groups excluding carboxylic acids is 1. The second-order valence-electron chi connectivity index (χ2n) is 8.18. The fourth-order valence-corrected chi connectivity index (χ4v) is 4.73. The summed E-state index contributed by atoms with van der Waals surface area (Å²) in [5.41, 5.74) is 2.48. The lowest BCUT2D eigenvalue weighted by molar-refractivity contribution is -0.123. The Morgan fingerprint density at radius 2 is 2.07 bits per heavy atom. The third-order valence-electron chi connectivity index (χ3n) is 5.66. The minimum absolute atomic E-state index is 0.118. The Bertz CT molecular complexity index is 749. The molecule has 2 atom stereocenters. The molecule has 1 N–H and O–H groups in total. The largest absolute Gasteiger partial charge is 0.377 e. The van der Waals surface area contributed by atoms with E-state index in [2.05, 4.69) is 58.9 Å². The number of hydrogen-bond acceptors (Lipinski definition) is 4. The first kappa shape index (κ1) is 19.6. The molecule has 1 aliphatic heterocycles. The van der Waals surface area contributed by atoms with Crippen molar-refractivity contribution in [2.24, 2.45) is 5.92 Å². The Kier molecular flexibility index (Phi) is 6.45. The molecule has 2 fully saturated rings. The average molecular weight is 399 g/mol. The van der Waals surface area contributed by atoms with Gasteiger partial charge in [-0.2, -0.15) is 0 Å². The Morgan fingerprint density at radius 3 is 2.71 bits per heavy atom. The molecule has 1 aromatic carbocycles. The third-order valence-corrected chi connectivity index (χ3v) is 6.52. The molecule has 1 saturated heterocycles. The molecule has 5 heteroatoms. The normalized spacial score (nSPS) is 20.4. The minimum atomic E-state index is 0.118. The summed E-state index contributed by atoms with van der Waals surface area (Å²) in [7, 11) is 0. The van der Waals surface area contributed by atoms with E-state index >= 15 is 0 Å². The highest BCUT2D eigenvalue weighted by Gasteiger charge is 2.33. The number of amides is 1. The number of ether oxygens (including phenoxy) is 1. The predicted molar refractivity (Wildman–Crippen MR) is 113 cm³/mol. The van der Waals surface area contributed by atoms with Crippen LogP contribution in [0.5, 0.6) is 0 Å². The van der Waals surface area contributed by atoms with Crippen molar-refractivity contribution < 1.29 is 9.53 Å². The fraction of sp³-hybridized carbons (Fsp3) is 0.522. The topological polar surface area (TPSA) is 41.6 Å². The molecule has 150 valence electrons. The highest BCUT2D eigenvalue weighted by atomic mass is 32.1. The molecule has 2 heterocycles. The predicted octanol–water partition coefficient (Wildman–Crippen LogP) is 4.31. The van der Waals surface area contributed by atoms with Gasteiger partial charge in [-0.05, 0) is 55.5 Å². The van der Waals surface area contributed by atoms with Crippen LogP contribution in [0.15, 0.2) is 41.8 Å². The van der Waals surface area contributed by atoms with Gasteiger partial charge in [0, 0.05) is 24.6 Å². The number of rotatable bonds is 9. The van der Waals surface area contributed by atoms with Crippen LogP contribution >= 0.6 is 11.3 Å². The lowest BCUT2D eigenvalue weighted by atomic mass is 10.0. The Balaban J connectivity index is 1.39. The summed E-state index contributed by atoms with van der Waals surface area (Å²) in [6.45, 7) is 5.00. The summed E-state index contributed by atoms with van der Waals surface area (Å²) in [5, 5.41) is 5.43. The maximum absolute atomic E-state index is 12.9. The zero-order valence-corrected chi connectivity index (χ0v) is 17.4. The van der Waals surface area contributed by atoms with E-state index in [0.717, 1.165) is 32.5 Å². The zero-order chi connectivity index (χ0) is 19.3. The molecule has 1 aliphatic carbocycles. The first-order valence-electron chi connectivity index (χ1n) is 10.4. The van der Waals surface area contributed by atoms with E-state index in [0.29, 0.717) is 12.5 Å². The lowest BCUT2D eigenvalue weighted by Crippen LogP contribution is -2.41. The van der Waals surface area contributed by atoms with E-state index in [1.165, 1.54) is 28.8 Å². The van der Waals surface area contributed by atoms with Gasteiger partial charge in [0.05, 0.1) is 18.7 Å². The molecule has 2 unspecified atom stereocenters. The Labute approximate surface area is 171 Å². The van der Waals surface area contributed by atoms with Gasteiger partial charge < -0.3 is 10.1 Å². The van der Waals surface area contributed by atoms with Crippen LogP contribution in [0.1, 0.15) is 47.7 Å². The van der Waals surface area contributed by atoms with Crippen molar-refractivity contribution in [1.82, 2.24) is 10.2 Å². The van der Waals surface area contributed by atoms with Crippen LogP contribution in [0.25, 0.3) is 0 Å². The number of benzene rings is 1. The van der Waals surface area contributed by atoms with Crippen LogP contribution in [-0.2, 0) is 16.1 Å². The van der Waals surface area contributed by atoms with Gasteiger partial charge in [0.1, 0.15) is 0 Å². The molecule has 2 aromatic rings. The summed E-state index contributed by atoms with van der Waals surface area (Å²) in [4.78, 5) is 16.5. The smallest absolute Gasteiger partial charge is 0.234 e. The zero-order valence-electron chi connectivity index (χ0n) is 16.6. The molecule has 0 radical (unpaired) electrons. The number of carbonyl (C=O) groups is 1. The van der Waals surface area contributed by atoms with Gasteiger partial charge in [-0.25, -0.2) is 0 Å². The van der Waals surface area contributed by atoms with Crippen LogP contribution in [0, 0.1) is 12.8 Å². The summed E-state index contributed by atoms with van der Waals surface area (Å²) in [5.74, 6) is 0.697. The summed E-state index contributed by atoms with van der Waals surface area (Å²) >= 11 is 1.75. The van der Waals surface area contributed by atoms with Crippen molar-refractivity contribution in [3.05, 3.63) is 57.8 Å². The molecule has 4 rings (SSSR count). The average Bonchev–Trinajstić information content (AvgIpc) is 3.14. The van der Waals surface area contributed by atoms with Gasteiger partial charge in [-0.1, -0.05) is 35.9 Å². The van der Waals surface area contributed by atoms with E-state index in [1.807, 2.05) is 0 Å². The quantitative estimate of drug-likeness (QED) is 0.685. The third kappa shape index (κ3) is 5.43. The SMILES string of the molecule is Cc1ccc(C(NC(=O)CN(Cc2cccs2)CC2CCCO2)C2CC2)cc1. The molecular formula is C23H30N2O2S. The second kappa shape index (κ2) is 9.21. The molecule has 28 heavy (non-hydrogen) atoms. The summed E-state index contributed by atoms with van der Waals surface area (Å²) < 4.78 is 5.82. The van der Waals surface area contributed by atoms with Crippen molar-refractivity contribution in [2.75, 3.05) is 19.7 Å². The van der Waals surface area contributed by atoms with Crippen LogP contribution in [0.4, 0.5) is 0 Å². The second-order valence-corrected chi connectivity index (χ2v) is 9.21. The van der Waals surface area contributed by atoms with Gasteiger partial charge in [-0.3, -0.25) is 9.69 Å². The van der Waals surface area contributed by atoms with E-state index < -0.39 is 0 Å². The van der Waals surface area contributed by atoms with Gasteiger partial charge in [0.25, 0.3) is 0 Å². The van der Waals surface area contributed by atoms with E-state index in [9.17, 15) is 4.79 Å². The van der Waals surface area contributed by atoms with Gasteiger partial charge in [0.15, 0.2) is 0 Å². The lowest BCUT2D eigenvalue weighted by Gasteiger charge is -2.26. The van der Waals surface area contributed by atoms with Crippen LogP contribution < -0.4 is 5.32 Å². The highest BCUT2D eigenvalue weighted by molar-refractivity contribution is 7.09. The number of nitrogens with zero attached hydrogens (tertiary/aromatic N) is 1. The fourth-order valence-electron chi connectivity index (χ4n) is 3.98. The van der Waals surface area contributed by atoms with Crippen molar-refractivity contribution in [2.45, 2.75) is 51.3 Å². The van der Waals surface area contributed by atoms with E-state index in [-0.39, 0.29) is 18.1 Å². The molecule has 1 aromatic heterocycles. The molecule has 4 nitrogen and oxygen atoms in total. The van der Waals surface area contributed by atoms with Gasteiger partial charge in [-0.15, -0.1) is 11.3 Å². The molecule has 0 spiro atoms. The van der Waals surface area contributed by atoms with Crippen molar-refractivity contribution >= 4 is 17.2 Å². The molecule has 1 amide bonds. The highest BCUT2D eigenvalue weighted by Crippen LogP contribution is 2.41. The van der Waals surface area contributed by atoms with Crippen LogP contribution in [0.3, 0.4) is 0 Å². The number of aryl methyl sites for hydroxylation is 1. The van der Waals surface area contributed by atoms with Gasteiger partial charge in [0.2, 0.25) is 5.91 Å². The first-order chi connectivity index (χ1) is 13.7. The van der Waals surface area contributed by atoms with Crippen LogP contribution in [0.2, 0.25) is 0 Å². The Hall–Kier alpha value is -1.69. The molecular weight excluding hydrogens is 368 g/mol. The van der Waals surface area contributed by atoms with Crippen molar-refractivity contribution in [1.29, 1.82) is 0 Å². The number of hydrogen-bond donors (Lipinski definition) is 1. The standard InChI is InChI=1S/C23H30N2O2S/c1-17-6-8-18(9-7-17)23(19-10-11-19)24-22(26)16-25(14-20-4-2-12-27-20)15-21-5-3-13-28-21/h3,5-9,13,19-20,23H,2,4,10-12,14-16H2,1H3,(H,24,26). The summed E-state index contributed by atoms with van der Waals surface area (Å²) in [6, 6.07) is 13.0. The number of thiophene rings is 1. The maximum Gasteiger partial charge on any atom is 0.234 e. The van der Waals surface area contributed by atoms with E-state index in [1.54, 1.807) is 11.3 Å². The minimum Gasteiger partial charge on any atom is -0.377 e. The maximum atomic E-state index is 12.9. The molecule has 2 aliphatic rings. The molecule has 1 saturated carbocycles. The van der Waals surface area contributed by atoms with E-state index in [4.69, 9.17) is 4.74 Å². The van der Waals surface area contributed by atoms with Crippen molar-refractivity contribution in [3.8, 4) is 0 Å². The monoisotopic (exact) mass is 398 g/mol. The summed E-state index contributed by atoms with van der Waals surface area (Å²) in [6.07, 6.45) is 4.88. The van der Waals surface area contributed by atoms with Gasteiger partial charge >= 0.3 is 0 Å². The Morgan fingerprint density at radius 1 is 1.25 bits per heavy atom. The molecule has 0 bridgehead atoms. The number of nitrogens with one attached hydrogen (secondary N) is 1.